The van der Waals surface area contributed by atoms with Gasteiger partial charge in [-0.2, -0.15) is 0 Å². The predicted molar refractivity (Wildman–Crippen MR) is 115 cm³/mol. The first kappa shape index (κ1) is 22.7. The Labute approximate surface area is 181 Å². The lowest BCUT2D eigenvalue weighted by molar-refractivity contribution is -0.125. The van der Waals surface area contributed by atoms with E-state index < -0.39 is 11.4 Å². The van der Waals surface area contributed by atoms with E-state index in [0.29, 0.717) is 37.5 Å². The minimum absolute atomic E-state index is 0.127. The van der Waals surface area contributed by atoms with Crippen LogP contribution < -0.4 is 10.1 Å². The van der Waals surface area contributed by atoms with E-state index in [2.05, 4.69) is 5.32 Å². The lowest BCUT2D eigenvalue weighted by Gasteiger charge is -2.36. The first-order valence-electron chi connectivity index (χ1n) is 10.5. The number of halogens is 1. The van der Waals surface area contributed by atoms with E-state index in [1.54, 1.807) is 37.3 Å². The average molecular weight is 429 g/mol. The molecule has 0 atom stereocenters. The topological polar surface area (TPSA) is 73.9 Å². The van der Waals surface area contributed by atoms with Gasteiger partial charge in [0, 0.05) is 18.9 Å². The van der Waals surface area contributed by atoms with Crippen LogP contribution in [0.15, 0.2) is 42.5 Å². The summed E-state index contributed by atoms with van der Waals surface area (Å²) < 4.78 is 29.8. The van der Waals surface area contributed by atoms with E-state index in [0.717, 1.165) is 5.56 Å². The molecule has 6 nitrogen and oxygen atoms in total. The number of hydrogen-bond donors (Lipinski definition) is 1. The van der Waals surface area contributed by atoms with Crippen molar-refractivity contribution in [3.63, 3.8) is 0 Å². The maximum absolute atomic E-state index is 13.5. The van der Waals surface area contributed by atoms with Crippen molar-refractivity contribution >= 4 is 17.6 Å². The number of esters is 1. The van der Waals surface area contributed by atoms with E-state index in [-0.39, 0.29) is 30.0 Å². The lowest BCUT2D eigenvalue weighted by Crippen LogP contribution is -2.44. The van der Waals surface area contributed by atoms with E-state index in [1.165, 1.54) is 12.1 Å². The van der Waals surface area contributed by atoms with Gasteiger partial charge in [0.05, 0.1) is 18.1 Å². The number of amides is 1. The van der Waals surface area contributed by atoms with Crippen molar-refractivity contribution in [1.82, 2.24) is 0 Å². The Hall–Kier alpha value is -2.93. The second-order valence-electron chi connectivity index (χ2n) is 7.75. The zero-order valence-electron chi connectivity index (χ0n) is 18.1. The van der Waals surface area contributed by atoms with Gasteiger partial charge in [-0.3, -0.25) is 4.79 Å². The molecule has 166 valence electrons. The van der Waals surface area contributed by atoms with Crippen LogP contribution in [0.1, 0.15) is 49.5 Å². The molecular formula is C24H28FNO5. The summed E-state index contributed by atoms with van der Waals surface area (Å²) in [5.74, 6) is -0.708. The van der Waals surface area contributed by atoms with Gasteiger partial charge in [-0.05, 0) is 69.5 Å². The van der Waals surface area contributed by atoms with Crippen LogP contribution in [0.5, 0.6) is 5.75 Å². The van der Waals surface area contributed by atoms with Crippen molar-refractivity contribution in [3.8, 4) is 5.75 Å². The molecule has 0 aromatic heterocycles. The van der Waals surface area contributed by atoms with Crippen molar-refractivity contribution < 1.29 is 28.2 Å². The molecule has 0 aliphatic carbocycles. The third kappa shape index (κ3) is 5.22. The second kappa shape index (κ2) is 9.92. The Morgan fingerprint density at radius 3 is 2.42 bits per heavy atom. The highest BCUT2D eigenvalue weighted by molar-refractivity contribution is 6.01. The van der Waals surface area contributed by atoms with Crippen molar-refractivity contribution in [1.29, 1.82) is 0 Å². The van der Waals surface area contributed by atoms with Gasteiger partial charge in [0.15, 0.2) is 0 Å². The van der Waals surface area contributed by atoms with Crippen molar-refractivity contribution in [2.45, 2.75) is 45.1 Å². The fraction of sp³-hybridized carbons (Fsp3) is 0.417. The summed E-state index contributed by atoms with van der Waals surface area (Å²) in [5.41, 5.74) is 0.594. The van der Waals surface area contributed by atoms with Crippen LogP contribution in [-0.4, -0.2) is 37.8 Å². The summed E-state index contributed by atoms with van der Waals surface area (Å²) in [4.78, 5) is 25.9. The van der Waals surface area contributed by atoms with Crippen LogP contribution in [-0.2, 0) is 19.7 Å². The molecule has 0 radical (unpaired) electrons. The molecule has 1 fully saturated rings. The number of nitrogens with one attached hydrogen (secondary N) is 1. The molecule has 31 heavy (non-hydrogen) atoms. The van der Waals surface area contributed by atoms with Gasteiger partial charge in [-0.25, -0.2) is 9.18 Å². The Morgan fingerprint density at radius 2 is 1.81 bits per heavy atom. The van der Waals surface area contributed by atoms with Crippen LogP contribution in [0.25, 0.3) is 0 Å². The third-order valence-electron chi connectivity index (χ3n) is 5.27. The summed E-state index contributed by atoms with van der Waals surface area (Å²) >= 11 is 0. The van der Waals surface area contributed by atoms with Crippen LogP contribution in [0, 0.1) is 5.82 Å². The summed E-state index contributed by atoms with van der Waals surface area (Å²) in [5, 5.41) is 2.93. The van der Waals surface area contributed by atoms with Crippen molar-refractivity contribution in [2.24, 2.45) is 0 Å². The smallest absolute Gasteiger partial charge is 0.341 e. The molecule has 2 aromatic rings. The Bertz CT molecular complexity index is 920. The first-order chi connectivity index (χ1) is 14.9. The highest BCUT2D eigenvalue weighted by atomic mass is 19.1. The average Bonchev–Trinajstić information content (AvgIpc) is 2.75. The van der Waals surface area contributed by atoms with Crippen molar-refractivity contribution in [2.75, 3.05) is 25.1 Å². The molecule has 0 bridgehead atoms. The van der Waals surface area contributed by atoms with Crippen molar-refractivity contribution in [3.05, 3.63) is 59.4 Å². The standard InChI is InChI=1S/C24H28FNO5/c1-4-30-22(27)20-15-19(9-10-21(20)31-16(2)3)26-23(28)24(11-13-29-14-12-24)17-5-7-18(25)8-6-17/h5-10,15-16H,4,11-14H2,1-3H3,(H,26,28). The minimum Gasteiger partial charge on any atom is -0.490 e. The Kier molecular flexibility index (Phi) is 7.28. The molecule has 1 aliphatic rings. The predicted octanol–water partition coefficient (Wildman–Crippen LogP) is 4.48. The molecule has 1 amide bonds. The normalized spacial score (nSPS) is 15.4. The van der Waals surface area contributed by atoms with Gasteiger partial charge in [0.1, 0.15) is 17.1 Å². The molecular weight excluding hydrogens is 401 g/mol. The van der Waals surface area contributed by atoms with E-state index in [9.17, 15) is 14.0 Å². The maximum atomic E-state index is 13.5. The number of benzene rings is 2. The number of ether oxygens (including phenoxy) is 3. The quantitative estimate of drug-likeness (QED) is 0.657. The molecule has 1 aliphatic heterocycles. The molecule has 2 aromatic carbocycles. The maximum Gasteiger partial charge on any atom is 0.341 e. The van der Waals surface area contributed by atoms with Crippen LogP contribution in [0.3, 0.4) is 0 Å². The van der Waals surface area contributed by atoms with Crippen LogP contribution in [0.2, 0.25) is 0 Å². The summed E-state index contributed by atoms with van der Waals surface area (Å²) in [6, 6.07) is 10.9. The highest BCUT2D eigenvalue weighted by Crippen LogP contribution is 2.37. The number of hydrogen-bond acceptors (Lipinski definition) is 5. The van der Waals surface area contributed by atoms with Crippen LogP contribution in [0.4, 0.5) is 10.1 Å². The molecule has 1 heterocycles. The molecule has 7 heteroatoms. The fourth-order valence-electron chi connectivity index (χ4n) is 3.72. The number of carbonyl (C=O) groups excluding carboxylic acids is 2. The summed E-state index contributed by atoms with van der Waals surface area (Å²) in [6.45, 7) is 6.54. The van der Waals surface area contributed by atoms with Gasteiger partial charge in [0.2, 0.25) is 5.91 Å². The Morgan fingerprint density at radius 1 is 1.13 bits per heavy atom. The van der Waals surface area contributed by atoms with E-state index >= 15 is 0 Å². The van der Waals surface area contributed by atoms with Gasteiger partial charge < -0.3 is 19.5 Å². The molecule has 1 N–H and O–H groups in total. The Balaban J connectivity index is 1.92. The summed E-state index contributed by atoms with van der Waals surface area (Å²) in [7, 11) is 0. The van der Waals surface area contributed by atoms with Gasteiger partial charge in [-0.1, -0.05) is 12.1 Å². The molecule has 0 unspecified atom stereocenters. The zero-order chi connectivity index (χ0) is 22.4. The minimum atomic E-state index is -0.844. The number of carbonyl (C=O) groups is 2. The SMILES string of the molecule is CCOC(=O)c1cc(NC(=O)C2(c3ccc(F)cc3)CCOCC2)ccc1OC(C)C. The molecule has 0 saturated carbocycles. The highest BCUT2D eigenvalue weighted by Gasteiger charge is 2.41. The van der Waals surface area contributed by atoms with E-state index in [1.807, 2.05) is 13.8 Å². The van der Waals surface area contributed by atoms with Gasteiger partial charge in [-0.15, -0.1) is 0 Å². The molecule has 3 rings (SSSR count). The van der Waals surface area contributed by atoms with E-state index in [4.69, 9.17) is 14.2 Å². The number of rotatable bonds is 7. The first-order valence-corrected chi connectivity index (χ1v) is 10.5. The van der Waals surface area contributed by atoms with Gasteiger partial charge in [0.25, 0.3) is 0 Å². The second-order valence-corrected chi connectivity index (χ2v) is 7.75. The summed E-state index contributed by atoms with van der Waals surface area (Å²) in [6.07, 6.45) is 0.825. The van der Waals surface area contributed by atoms with Crippen LogP contribution >= 0.6 is 0 Å². The largest absolute Gasteiger partial charge is 0.490 e. The molecule has 1 saturated heterocycles. The fourth-order valence-corrected chi connectivity index (χ4v) is 3.72. The zero-order valence-corrected chi connectivity index (χ0v) is 18.1. The molecule has 0 spiro atoms. The lowest BCUT2D eigenvalue weighted by atomic mass is 9.73. The third-order valence-corrected chi connectivity index (χ3v) is 5.27. The monoisotopic (exact) mass is 429 g/mol. The van der Waals surface area contributed by atoms with Gasteiger partial charge >= 0.3 is 5.97 Å². The number of anilines is 1.